The van der Waals surface area contributed by atoms with Crippen molar-refractivity contribution < 1.29 is 29.4 Å². The van der Waals surface area contributed by atoms with Crippen molar-refractivity contribution >= 4 is 29.7 Å². The molecular formula is C26H41N7O6. The Morgan fingerprint density at radius 2 is 1.77 bits per heavy atom. The third-order valence-corrected chi connectivity index (χ3v) is 6.45. The predicted octanol–water partition coefficient (Wildman–Crippen LogP) is -0.593. The smallest absolute Gasteiger partial charge is 0.326 e. The van der Waals surface area contributed by atoms with E-state index < -0.39 is 42.0 Å². The maximum Gasteiger partial charge on any atom is 0.326 e. The van der Waals surface area contributed by atoms with Gasteiger partial charge in [0.05, 0.1) is 6.04 Å². The molecule has 0 bridgehead atoms. The van der Waals surface area contributed by atoms with E-state index in [4.69, 9.17) is 17.2 Å². The summed E-state index contributed by atoms with van der Waals surface area (Å²) in [7, 11) is 0. The maximum atomic E-state index is 13.2. The van der Waals surface area contributed by atoms with Crippen LogP contribution in [0.15, 0.2) is 29.3 Å². The number of benzene rings is 1. The maximum absolute atomic E-state index is 13.2. The van der Waals surface area contributed by atoms with Gasteiger partial charge in [-0.05, 0) is 55.7 Å². The minimum Gasteiger partial charge on any atom is -0.508 e. The fourth-order valence-corrected chi connectivity index (χ4v) is 4.47. The number of hydrogen-bond acceptors (Lipinski definition) is 7. The van der Waals surface area contributed by atoms with E-state index in [1.54, 1.807) is 12.1 Å². The lowest BCUT2D eigenvalue weighted by atomic mass is 10.0. The molecule has 2 rings (SSSR count). The highest BCUT2D eigenvalue weighted by Gasteiger charge is 2.38. The fraction of sp³-hybridized carbons (Fsp3) is 0.577. The lowest BCUT2D eigenvalue weighted by molar-refractivity contribution is -0.143. The zero-order valence-electron chi connectivity index (χ0n) is 22.5. The van der Waals surface area contributed by atoms with Gasteiger partial charge in [0.1, 0.15) is 23.9 Å². The van der Waals surface area contributed by atoms with Crippen LogP contribution in [0.2, 0.25) is 0 Å². The first-order valence-electron chi connectivity index (χ1n) is 13.1. The van der Waals surface area contributed by atoms with Gasteiger partial charge in [-0.3, -0.25) is 19.4 Å². The summed E-state index contributed by atoms with van der Waals surface area (Å²) in [6.45, 7) is 4.46. The molecule has 1 aromatic carbocycles. The molecule has 1 fully saturated rings. The molecule has 13 heteroatoms. The number of aliphatic imine (C=N–C) groups is 1. The number of nitrogens with two attached hydrogens (primary N) is 3. The summed E-state index contributed by atoms with van der Waals surface area (Å²) in [5, 5.41) is 24.4. The van der Waals surface area contributed by atoms with E-state index in [-0.39, 0.29) is 36.4 Å². The number of carbonyl (C=O) groups is 4. The summed E-state index contributed by atoms with van der Waals surface area (Å²) in [4.78, 5) is 56.5. The van der Waals surface area contributed by atoms with Gasteiger partial charge in [0, 0.05) is 19.5 Å². The standard InChI is InChI=1S/C26H41N7O6/c1-15(2)13-19(22(35)32-20(25(38)39)14-16-7-9-17(34)10-8-16)31-23(36)21-6-4-12-33(21)24(37)18(27)5-3-11-30-26(28)29/h7-10,15,18-21,34H,3-6,11-14,27H2,1-2H3,(H,31,36)(H,32,35)(H,38,39)(H4,28,29,30). The molecule has 0 radical (unpaired) electrons. The van der Waals surface area contributed by atoms with E-state index >= 15 is 0 Å². The zero-order valence-corrected chi connectivity index (χ0v) is 22.5. The molecule has 0 aromatic heterocycles. The van der Waals surface area contributed by atoms with Crippen LogP contribution < -0.4 is 27.8 Å². The fourth-order valence-electron chi connectivity index (χ4n) is 4.47. The van der Waals surface area contributed by atoms with Gasteiger partial charge in [-0.2, -0.15) is 0 Å². The van der Waals surface area contributed by atoms with Crippen molar-refractivity contribution in [2.24, 2.45) is 28.1 Å². The molecule has 3 amide bonds. The summed E-state index contributed by atoms with van der Waals surface area (Å²) in [6, 6.07) is 2.17. The first-order chi connectivity index (χ1) is 18.4. The molecule has 1 aromatic rings. The monoisotopic (exact) mass is 547 g/mol. The third-order valence-electron chi connectivity index (χ3n) is 6.45. The third kappa shape index (κ3) is 10.1. The summed E-state index contributed by atoms with van der Waals surface area (Å²) >= 11 is 0. The number of phenolic OH excluding ortho intramolecular Hbond substituents is 1. The molecule has 13 nitrogen and oxygen atoms in total. The van der Waals surface area contributed by atoms with E-state index in [1.165, 1.54) is 17.0 Å². The van der Waals surface area contributed by atoms with Crippen LogP contribution in [0.25, 0.3) is 0 Å². The number of phenols is 1. The minimum absolute atomic E-state index is 0.00429. The second-order valence-corrected chi connectivity index (χ2v) is 10.2. The Labute approximate surface area is 228 Å². The Morgan fingerprint density at radius 1 is 1.10 bits per heavy atom. The zero-order chi connectivity index (χ0) is 29.1. The highest BCUT2D eigenvalue weighted by Crippen LogP contribution is 2.20. The van der Waals surface area contributed by atoms with Gasteiger partial charge in [0.15, 0.2) is 5.96 Å². The lowest BCUT2D eigenvalue weighted by Crippen LogP contribution is -2.57. The van der Waals surface area contributed by atoms with Gasteiger partial charge < -0.3 is 42.9 Å². The molecule has 0 aliphatic carbocycles. The number of nitrogens with zero attached hydrogens (tertiary/aromatic N) is 2. The molecule has 216 valence electrons. The SMILES string of the molecule is CC(C)CC(NC(=O)C1CCCN1C(=O)C(N)CCCN=C(N)N)C(=O)NC(Cc1ccc(O)cc1)C(=O)O. The van der Waals surface area contributed by atoms with Crippen LogP contribution in [-0.2, 0) is 25.6 Å². The molecule has 0 saturated carbocycles. The number of amides is 3. The average molecular weight is 548 g/mol. The number of guanidine groups is 1. The van der Waals surface area contributed by atoms with E-state index in [0.717, 1.165) is 0 Å². The normalized spacial score (nSPS) is 17.2. The van der Waals surface area contributed by atoms with Crippen LogP contribution >= 0.6 is 0 Å². The number of hydrogen-bond donors (Lipinski definition) is 7. The molecule has 39 heavy (non-hydrogen) atoms. The van der Waals surface area contributed by atoms with Crippen molar-refractivity contribution in [3.8, 4) is 5.75 Å². The molecular weight excluding hydrogens is 506 g/mol. The van der Waals surface area contributed by atoms with Crippen LogP contribution in [0.3, 0.4) is 0 Å². The molecule has 10 N–H and O–H groups in total. The average Bonchev–Trinajstić information content (AvgIpc) is 3.36. The van der Waals surface area contributed by atoms with E-state index in [2.05, 4.69) is 15.6 Å². The number of rotatable bonds is 14. The number of nitrogens with one attached hydrogen (secondary N) is 2. The number of carboxylic acids is 1. The molecule has 0 spiro atoms. The Hall–Kier alpha value is -3.87. The quantitative estimate of drug-likeness (QED) is 0.0895. The molecule has 1 saturated heterocycles. The highest BCUT2D eigenvalue weighted by molar-refractivity contribution is 5.94. The van der Waals surface area contributed by atoms with Crippen LogP contribution in [0.5, 0.6) is 5.75 Å². The molecule has 1 heterocycles. The number of aromatic hydroxyl groups is 1. The van der Waals surface area contributed by atoms with Crippen molar-refractivity contribution in [1.82, 2.24) is 15.5 Å². The molecule has 1 aliphatic rings. The Bertz CT molecular complexity index is 1030. The Kier molecular flexibility index (Phi) is 12.0. The first kappa shape index (κ1) is 31.3. The van der Waals surface area contributed by atoms with Crippen molar-refractivity contribution in [3.05, 3.63) is 29.8 Å². The predicted molar refractivity (Wildman–Crippen MR) is 145 cm³/mol. The summed E-state index contributed by atoms with van der Waals surface area (Å²) in [6.07, 6.45) is 2.15. The number of carboxylic acid groups (broad SMARTS) is 1. The van der Waals surface area contributed by atoms with E-state index in [9.17, 15) is 29.4 Å². The molecule has 4 unspecified atom stereocenters. The van der Waals surface area contributed by atoms with E-state index in [1.807, 2.05) is 13.8 Å². The van der Waals surface area contributed by atoms with Crippen molar-refractivity contribution in [2.45, 2.75) is 76.5 Å². The Morgan fingerprint density at radius 3 is 2.36 bits per heavy atom. The van der Waals surface area contributed by atoms with Crippen LogP contribution in [-0.4, -0.2) is 82.0 Å². The van der Waals surface area contributed by atoms with Gasteiger partial charge in [-0.15, -0.1) is 0 Å². The second-order valence-electron chi connectivity index (χ2n) is 10.2. The number of aliphatic carboxylic acids is 1. The number of carbonyl (C=O) groups excluding carboxylic acids is 3. The van der Waals surface area contributed by atoms with Crippen LogP contribution in [0.1, 0.15) is 51.5 Å². The summed E-state index contributed by atoms with van der Waals surface area (Å²) < 4.78 is 0. The summed E-state index contributed by atoms with van der Waals surface area (Å²) in [5.41, 5.74) is 17.3. The highest BCUT2D eigenvalue weighted by atomic mass is 16.4. The van der Waals surface area contributed by atoms with E-state index in [0.29, 0.717) is 44.3 Å². The second kappa shape index (κ2) is 14.9. The molecule has 4 atom stereocenters. The van der Waals surface area contributed by atoms with Gasteiger partial charge in [0.2, 0.25) is 17.7 Å². The minimum atomic E-state index is -1.24. The largest absolute Gasteiger partial charge is 0.508 e. The van der Waals surface area contributed by atoms with Crippen molar-refractivity contribution in [3.63, 3.8) is 0 Å². The molecule has 1 aliphatic heterocycles. The van der Waals surface area contributed by atoms with Gasteiger partial charge in [-0.1, -0.05) is 26.0 Å². The lowest BCUT2D eigenvalue weighted by Gasteiger charge is -2.29. The Balaban J connectivity index is 2.06. The topological polar surface area (TPSA) is 226 Å². The van der Waals surface area contributed by atoms with Gasteiger partial charge in [0.25, 0.3) is 0 Å². The van der Waals surface area contributed by atoms with Crippen molar-refractivity contribution in [1.29, 1.82) is 0 Å². The summed E-state index contributed by atoms with van der Waals surface area (Å²) in [5.74, 6) is -2.69. The van der Waals surface area contributed by atoms with Crippen LogP contribution in [0, 0.1) is 5.92 Å². The van der Waals surface area contributed by atoms with Gasteiger partial charge in [-0.25, -0.2) is 4.79 Å². The van der Waals surface area contributed by atoms with Crippen molar-refractivity contribution in [2.75, 3.05) is 13.1 Å². The number of likely N-dealkylation sites (tertiary alicyclic amines) is 1. The van der Waals surface area contributed by atoms with Gasteiger partial charge >= 0.3 is 5.97 Å². The van der Waals surface area contributed by atoms with Crippen LogP contribution in [0.4, 0.5) is 0 Å². The first-order valence-corrected chi connectivity index (χ1v) is 13.1.